The van der Waals surface area contributed by atoms with Crippen LogP contribution in [0.4, 0.5) is 0 Å². The molecule has 0 amide bonds. The van der Waals surface area contributed by atoms with Crippen LogP contribution in [0.5, 0.6) is 11.5 Å². The molecule has 0 fully saturated rings. The largest absolute Gasteiger partial charge is 0.510 e. The van der Waals surface area contributed by atoms with Gasteiger partial charge in [-0.1, -0.05) is 244 Å². The number of rotatable bonds is 13. The summed E-state index contributed by atoms with van der Waals surface area (Å²) < 4.78 is 363. The first-order chi connectivity index (χ1) is 59.7. The van der Waals surface area contributed by atoms with E-state index in [1.807, 2.05) is 61.7 Å². The van der Waals surface area contributed by atoms with Gasteiger partial charge in [-0.05, 0) is 161 Å². The van der Waals surface area contributed by atoms with Gasteiger partial charge in [-0.2, -0.15) is 18.2 Å². The maximum atomic E-state index is 10.8. The number of aromatic nitrogens is 4. The zero-order valence-corrected chi connectivity index (χ0v) is 51.8. The molecule has 0 radical (unpaired) electrons. The Hall–Kier alpha value is -10.2. The van der Waals surface area contributed by atoms with Gasteiger partial charge in [0.25, 0.3) is 6.33 Å². The van der Waals surface area contributed by atoms with E-state index >= 15 is 0 Å². The summed E-state index contributed by atoms with van der Waals surface area (Å²) >= 11 is 0. The molecular weight excluding hydrogens is 1320 g/mol. The van der Waals surface area contributed by atoms with Gasteiger partial charge in [0.15, 0.2) is 8.07 Å². The normalized spacial score (nSPS) is 17.8. The predicted molar refractivity (Wildman–Crippen MR) is 378 cm³/mol. The Bertz CT molecular complexity index is 6910. The maximum absolute atomic E-state index is 10.8. The molecular formula is C85H66N4OPtSi-2. The predicted octanol–water partition coefficient (Wildman–Crippen LogP) is 17.9. The number of aryl methyl sites for hydroxylation is 3. The molecule has 0 unspecified atom stereocenters. The Morgan fingerprint density at radius 3 is 1.74 bits per heavy atom. The second-order valence-electron chi connectivity index (χ2n) is 22.0. The van der Waals surface area contributed by atoms with Crippen molar-refractivity contribution in [2.24, 2.45) is 0 Å². The molecule has 0 saturated carbocycles. The van der Waals surface area contributed by atoms with E-state index in [1.165, 1.54) is 42.5 Å². The molecule has 15 rings (SSSR count). The van der Waals surface area contributed by atoms with Gasteiger partial charge in [0.1, 0.15) is 5.82 Å². The number of hydrogen-bond acceptors (Lipinski definition) is 2. The molecule has 3 aromatic heterocycles. The Labute approximate surface area is 606 Å². The summed E-state index contributed by atoms with van der Waals surface area (Å²) in [4.78, 5) is 4.79. The van der Waals surface area contributed by atoms with E-state index < -0.39 is 285 Å². The van der Waals surface area contributed by atoms with Gasteiger partial charge in [0.05, 0.1) is 55.1 Å². The smallest absolute Gasteiger partial charge is 0.268 e. The molecule has 0 spiro atoms. The Balaban J connectivity index is 0.0000134. The van der Waals surface area contributed by atoms with Crippen molar-refractivity contribution in [3.8, 4) is 73.2 Å². The maximum Gasteiger partial charge on any atom is 0.268 e. The third kappa shape index (κ3) is 10.7. The molecule has 0 aliphatic rings. The molecule has 15 aromatic rings. The van der Waals surface area contributed by atoms with Crippen molar-refractivity contribution in [3.05, 3.63) is 331 Å². The number of benzene rings is 12. The fraction of sp³-hybridized carbons (Fsp3) is 0.0824. The van der Waals surface area contributed by atoms with E-state index in [0.717, 1.165) is 37.7 Å². The van der Waals surface area contributed by atoms with E-state index in [-0.39, 0.29) is 54.7 Å². The molecule has 0 atom stereocenters. The average Bonchev–Trinajstić information content (AvgIpc) is 1.27. The number of fused-ring (bicyclic) bond motifs is 4. The van der Waals surface area contributed by atoms with Crippen LogP contribution in [0.2, 0.25) is 0 Å². The summed E-state index contributed by atoms with van der Waals surface area (Å²) in [5, 5.41) is -3.37. The summed E-state index contributed by atoms with van der Waals surface area (Å²) in [6, 6.07) is -1.12. The van der Waals surface area contributed by atoms with Crippen molar-refractivity contribution in [1.29, 1.82) is 0 Å². The fourth-order valence-electron chi connectivity index (χ4n) is 11.4. The second kappa shape index (κ2) is 24.5. The van der Waals surface area contributed by atoms with E-state index in [4.69, 9.17) is 30.3 Å². The molecule has 7 heteroatoms. The first-order valence-corrected chi connectivity index (χ1v) is 30.2. The van der Waals surface area contributed by atoms with Crippen LogP contribution in [0, 0.1) is 39.0 Å². The van der Waals surface area contributed by atoms with E-state index in [9.17, 15) is 30.2 Å². The molecule has 448 valence electrons. The van der Waals surface area contributed by atoms with Crippen LogP contribution >= 0.6 is 0 Å². The van der Waals surface area contributed by atoms with Crippen LogP contribution in [0.1, 0.15) is 93.7 Å². The second-order valence-corrected chi connectivity index (χ2v) is 25.5. The summed E-state index contributed by atoms with van der Waals surface area (Å²) in [6.45, 7) is -3.88. The van der Waals surface area contributed by atoms with Crippen molar-refractivity contribution < 1.29 is 81.1 Å². The van der Waals surface area contributed by atoms with Crippen LogP contribution in [-0.2, 0) is 26.5 Å². The minimum atomic E-state index is -6.98. The minimum Gasteiger partial charge on any atom is -0.510 e. The van der Waals surface area contributed by atoms with Crippen LogP contribution in [-0.4, -0.2) is 22.2 Å². The van der Waals surface area contributed by atoms with Crippen LogP contribution < -0.4 is 30.1 Å². The molecule has 0 aliphatic carbocycles. The fourth-order valence-corrected chi connectivity index (χ4v) is 15.5. The summed E-state index contributed by atoms with van der Waals surface area (Å²) in [6.07, 6.45) is 4.86. The van der Waals surface area contributed by atoms with Gasteiger partial charge < -0.3 is 13.9 Å². The van der Waals surface area contributed by atoms with Crippen molar-refractivity contribution >= 4 is 61.7 Å². The van der Waals surface area contributed by atoms with Gasteiger partial charge in [-0.15, -0.1) is 29.7 Å². The quantitative estimate of drug-likeness (QED) is 0.0499. The third-order valence-corrected chi connectivity index (χ3v) is 19.7. The SMILES string of the molecule is [2H]c1c([2H])c([2H])c(-c2c([2H])c(-c3cc(C([2H])([2H])[2H])cc([Si](c4c([2H])c([2H])c([2H])c([2H])c4[2H])(c4c([2H])c([2H])c([2H])c([2H])c4[2H])c4c([2H])c([2H])c([2H])c([2H])c4[2H])c3-[n+]3[c-]n(-c4[c-]c(Oc5[c-]c6c(cc5)c5ccccc5n6-c5cc(C(C)(C)C)ccn5)ccc4)c4cc(-c5c(C([2H])([2H])[2H])cccc5C([2H])([2H])[2H])ccc43)c([2H])c(-c3c([2H])c([2H])c([2H])c([2H])c3[2H])c2[2H])c([2H])c1[2H].[Pt]. The van der Waals surface area contributed by atoms with E-state index in [2.05, 4.69) is 18.5 Å². The third-order valence-electron chi connectivity index (χ3n) is 15.5. The van der Waals surface area contributed by atoms with Gasteiger partial charge in [0.2, 0.25) is 0 Å². The summed E-state index contributed by atoms with van der Waals surface area (Å²) in [5.41, 5.74) is -9.56. The zero-order valence-electron chi connectivity index (χ0n) is 85.6. The Kier molecular flexibility index (Phi) is 8.19. The number of hydrogen-bond donors (Lipinski definition) is 0. The number of nitrogens with zero attached hydrogens (tertiary/aromatic N) is 4. The number of imidazole rings is 1. The van der Waals surface area contributed by atoms with Crippen molar-refractivity contribution in [2.45, 2.75) is 46.7 Å². The average molecular weight is 1420 g/mol. The first kappa shape index (κ1) is 30.7. The van der Waals surface area contributed by atoms with Gasteiger partial charge >= 0.3 is 0 Å². The van der Waals surface area contributed by atoms with Gasteiger partial charge in [0, 0.05) is 56.6 Å². The van der Waals surface area contributed by atoms with Crippen LogP contribution in [0.15, 0.2) is 291 Å². The van der Waals surface area contributed by atoms with Crippen molar-refractivity contribution in [2.75, 3.05) is 0 Å². The molecule has 0 saturated heterocycles. The van der Waals surface area contributed by atoms with Gasteiger partial charge in [-0.25, -0.2) is 4.98 Å². The molecule has 12 aromatic carbocycles. The first-order valence-electron chi connectivity index (χ1n) is 46.7. The summed E-state index contributed by atoms with van der Waals surface area (Å²) in [5.74, 6) is 0.431. The van der Waals surface area contributed by atoms with E-state index in [0.29, 0.717) is 28.9 Å². The topological polar surface area (TPSA) is 35.9 Å². The van der Waals surface area contributed by atoms with Crippen molar-refractivity contribution in [1.82, 2.24) is 14.1 Å². The van der Waals surface area contributed by atoms with Crippen LogP contribution in [0.3, 0.4) is 0 Å². The molecule has 0 N–H and O–H groups in total. The molecule has 5 nitrogen and oxygen atoms in total. The molecule has 0 bridgehead atoms. The Morgan fingerprint density at radius 2 is 1.12 bits per heavy atom. The van der Waals surface area contributed by atoms with Gasteiger partial charge in [-0.3, -0.25) is 4.57 Å². The Morgan fingerprint density at radius 1 is 0.522 bits per heavy atom. The van der Waals surface area contributed by atoms with Crippen LogP contribution in [0.25, 0.3) is 94.5 Å². The minimum absolute atomic E-state index is 0. The molecule has 3 heterocycles. The molecule has 0 aliphatic heterocycles. The van der Waals surface area contributed by atoms with E-state index in [1.54, 1.807) is 18.3 Å². The molecule has 92 heavy (non-hydrogen) atoms. The van der Waals surface area contributed by atoms with Crippen molar-refractivity contribution in [3.63, 3.8) is 0 Å². The number of pyridine rings is 1. The zero-order chi connectivity index (χ0) is 93.7. The summed E-state index contributed by atoms with van der Waals surface area (Å²) in [7, 11) is -6.98. The number of para-hydroxylation sites is 1. The monoisotopic (exact) mass is 1420 g/mol. The standard InChI is InChI=1S/C85H66N4OSi.Pt/c1-58-48-76(66-51-64(61-28-12-7-13-29-61)50-65(52-66)62-30-14-8-15-31-62)84(81(49-58)91(71-34-16-9-17-35-71,72-36-18-10-19-37-72)73-38-20-11-21-39-73)88-57-87(80-53-63(42-45-78(80)88)83-59(2)26-24-27-60(83)3)68-32-25-33-69(55-68)90-70-43-44-75-74-40-22-23-41-77(74)89(79(75)56-70)82-54-67(46-47-86-82)85(4,5)6;/h7-54H,1-6H3;/q-2;/i1D3,2D3,3D3,7D,8D,9D,10D,11D,12D,13D,14D,15D,16D,17D,18D,19D,20D,21D,28D,29D,30D,31D,34D,35D,36D,37D,38D,39D,50D,51D,52D;. The number of ether oxygens (including phenoxy) is 1.